The van der Waals surface area contributed by atoms with Gasteiger partial charge in [0.15, 0.2) is 0 Å². The van der Waals surface area contributed by atoms with Crippen molar-refractivity contribution in [1.29, 1.82) is 0 Å². The van der Waals surface area contributed by atoms with Gasteiger partial charge in [0.05, 0.1) is 5.69 Å². The van der Waals surface area contributed by atoms with Crippen LogP contribution < -0.4 is 5.32 Å². The van der Waals surface area contributed by atoms with E-state index in [0.717, 1.165) is 30.1 Å². The SMILES string of the molecule is CC(C)P(CCNCc1ccccn1)C(C)C. The standard InChI is InChI=1S/C14H25N2P/c1-12(2)17(13(3)4)10-9-15-11-14-7-5-6-8-16-14/h5-8,12-13,15H,9-11H2,1-4H3. The minimum atomic E-state index is 0.158. The fraction of sp³-hybridized carbons (Fsp3) is 0.643. The van der Waals surface area contributed by atoms with E-state index in [-0.39, 0.29) is 7.92 Å². The van der Waals surface area contributed by atoms with Crippen molar-refractivity contribution >= 4 is 7.92 Å². The number of aromatic nitrogens is 1. The van der Waals surface area contributed by atoms with Gasteiger partial charge in [-0.1, -0.05) is 33.8 Å². The zero-order chi connectivity index (χ0) is 12.7. The molecule has 1 N–H and O–H groups in total. The van der Waals surface area contributed by atoms with Crippen LogP contribution in [0.25, 0.3) is 0 Å². The summed E-state index contributed by atoms with van der Waals surface area (Å²) in [5.41, 5.74) is 2.80. The second-order valence-electron chi connectivity index (χ2n) is 4.92. The molecular weight excluding hydrogens is 227 g/mol. The molecule has 0 saturated heterocycles. The van der Waals surface area contributed by atoms with E-state index in [1.807, 2.05) is 18.3 Å². The van der Waals surface area contributed by atoms with Crippen LogP contribution in [0.4, 0.5) is 0 Å². The topological polar surface area (TPSA) is 24.9 Å². The maximum absolute atomic E-state index is 4.31. The largest absolute Gasteiger partial charge is 0.311 e. The van der Waals surface area contributed by atoms with Gasteiger partial charge in [0, 0.05) is 12.7 Å². The van der Waals surface area contributed by atoms with E-state index < -0.39 is 0 Å². The monoisotopic (exact) mass is 252 g/mol. The molecule has 0 unspecified atom stereocenters. The van der Waals surface area contributed by atoms with Gasteiger partial charge in [-0.2, -0.15) is 0 Å². The minimum Gasteiger partial charge on any atom is -0.311 e. The Morgan fingerprint density at radius 2 is 1.88 bits per heavy atom. The fourth-order valence-electron chi connectivity index (χ4n) is 2.04. The van der Waals surface area contributed by atoms with Crippen LogP contribution in [0.5, 0.6) is 0 Å². The molecule has 0 atom stereocenters. The second-order valence-corrected chi connectivity index (χ2v) is 8.46. The highest BCUT2D eigenvalue weighted by atomic mass is 31.1. The highest BCUT2D eigenvalue weighted by molar-refractivity contribution is 7.59. The maximum atomic E-state index is 4.31. The van der Waals surface area contributed by atoms with E-state index in [0.29, 0.717) is 0 Å². The van der Waals surface area contributed by atoms with Crippen molar-refractivity contribution in [3.63, 3.8) is 0 Å². The Hall–Kier alpha value is -0.460. The first-order chi connectivity index (χ1) is 8.11. The number of nitrogens with one attached hydrogen (secondary N) is 1. The van der Waals surface area contributed by atoms with E-state index in [1.165, 1.54) is 6.16 Å². The van der Waals surface area contributed by atoms with Crippen LogP contribution in [0.1, 0.15) is 33.4 Å². The minimum absolute atomic E-state index is 0.158. The number of pyridine rings is 1. The first-order valence-electron chi connectivity index (χ1n) is 6.47. The third-order valence-corrected chi connectivity index (χ3v) is 6.30. The van der Waals surface area contributed by atoms with Gasteiger partial charge >= 0.3 is 0 Å². The Kier molecular flexibility index (Phi) is 6.69. The summed E-state index contributed by atoms with van der Waals surface area (Å²) >= 11 is 0. The highest BCUT2D eigenvalue weighted by Crippen LogP contribution is 2.45. The van der Waals surface area contributed by atoms with E-state index in [1.54, 1.807) is 0 Å². The highest BCUT2D eigenvalue weighted by Gasteiger charge is 2.15. The third-order valence-electron chi connectivity index (χ3n) is 2.91. The Labute approximate surface area is 107 Å². The molecule has 1 heterocycles. The van der Waals surface area contributed by atoms with Gasteiger partial charge in [-0.15, -0.1) is 7.92 Å². The fourth-order valence-corrected chi connectivity index (χ4v) is 4.68. The van der Waals surface area contributed by atoms with Crippen molar-refractivity contribution in [2.24, 2.45) is 0 Å². The normalized spacial score (nSPS) is 11.7. The summed E-state index contributed by atoms with van der Waals surface area (Å²) in [5, 5.41) is 3.50. The molecule has 1 rings (SSSR count). The summed E-state index contributed by atoms with van der Waals surface area (Å²) in [6.07, 6.45) is 3.17. The van der Waals surface area contributed by atoms with Crippen molar-refractivity contribution in [2.45, 2.75) is 45.6 Å². The molecule has 0 fully saturated rings. The Morgan fingerprint density at radius 3 is 2.41 bits per heavy atom. The Bertz CT molecular complexity index is 290. The van der Waals surface area contributed by atoms with Gasteiger partial charge in [0.25, 0.3) is 0 Å². The van der Waals surface area contributed by atoms with Crippen LogP contribution in [-0.2, 0) is 6.54 Å². The number of hydrogen-bond donors (Lipinski definition) is 1. The van der Waals surface area contributed by atoms with E-state index in [4.69, 9.17) is 0 Å². The van der Waals surface area contributed by atoms with Gasteiger partial charge in [0.2, 0.25) is 0 Å². The maximum Gasteiger partial charge on any atom is 0.0541 e. The first-order valence-corrected chi connectivity index (χ1v) is 8.14. The lowest BCUT2D eigenvalue weighted by Crippen LogP contribution is -2.20. The molecule has 0 aliphatic rings. The molecule has 0 aliphatic carbocycles. The molecule has 2 nitrogen and oxygen atoms in total. The second kappa shape index (κ2) is 7.79. The Balaban J connectivity index is 2.23. The molecule has 96 valence electrons. The zero-order valence-corrected chi connectivity index (χ0v) is 12.4. The van der Waals surface area contributed by atoms with E-state index in [9.17, 15) is 0 Å². The molecule has 1 aromatic rings. The molecule has 17 heavy (non-hydrogen) atoms. The van der Waals surface area contributed by atoms with Gasteiger partial charge in [-0.3, -0.25) is 4.98 Å². The number of hydrogen-bond acceptors (Lipinski definition) is 2. The smallest absolute Gasteiger partial charge is 0.0541 e. The lowest BCUT2D eigenvalue weighted by Gasteiger charge is -2.25. The van der Waals surface area contributed by atoms with Gasteiger partial charge in [-0.05, 0) is 36.2 Å². The van der Waals surface area contributed by atoms with Crippen molar-refractivity contribution in [3.05, 3.63) is 30.1 Å². The average Bonchev–Trinajstić information content (AvgIpc) is 2.29. The molecule has 0 amide bonds. The molecule has 0 bridgehead atoms. The van der Waals surface area contributed by atoms with E-state index in [2.05, 4.69) is 44.1 Å². The molecule has 3 heteroatoms. The predicted octanol–water partition coefficient (Wildman–Crippen LogP) is 3.47. The van der Waals surface area contributed by atoms with Gasteiger partial charge in [-0.25, -0.2) is 0 Å². The van der Waals surface area contributed by atoms with Gasteiger partial charge in [0.1, 0.15) is 0 Å². The van der Waals surface area contributed by atoms with Crippen LogP contribution in [0.2, 0.25) is 0 Å². The van der Waals surface area contributed by atoms with Crippen LogP contribution >= 0.6 is 7.92 Å². The summed E-state index contributed by atoms with van der Waals surface area (Å²) in [6.45, 7) is 11.4. The summed E-state index contributed by atoms with van der Waals surface area (Å²) < 4.78 is 0. The number of rotatable bonds is 7. The molecule has 0 aromatic carbocycles. The van der Waals surface area contributed by atoms with Crippen molar-refractivity contribution in [1.82, 2.24) is 10.3 Å². The Morgan fingerprint density at radius 1 is 1.18 bits per heavy atom. The lowest BCUT2D eigenvalue weighted by molar-refractivity contribution is 0.711. The lowest BCUT2D eigenvalue weighted by atomic mass is 10.3. The molecule has 1 aromatic heterocycles. The van der Waals surface area contributed by atoms with Gasteiger partial charge < -0.3 is 5.32 Å². The number of nitrogens with zero attached hydrogens (tertiary/aromatic N) is 1. The molecule has 0 saturated carbocycles. The summed E-state index contributed by atoms with van der Waals surface area (Å²) in [5.74, 6) is 0. The van der Waals surface area contributed by atoms with Crippen molar-refractivity contribution < 1.29 is 0 Å². The van der Waals surface area contributed by atoms with Crippen molar-refractivity contribution in [2.75, 3.05) is 12.7 Å². The van der Waals surface area contributed by atoms with Crippen LogP contribution in [0.3, 0.4) is 0 Å². The summed E-state index contributed by atoms with van der Waals surface area (Å²) in [4.78, 5) is 4.31. The summed E-state index contributed by atoms with van der Waals surface area (Å²) in [6, 6.07) is 6.07. The van der Waals surface area contributed by atoms with Crippen molar-refractivity contribution in [3.8, 4) is 0 Å². The van der Waals surface area contributed by atoms with Crippen LogP contribution in [-0.4, -0.2) is 29.0 Å². The summed E-state index contributed by atoms with van der Waals surface area (Å²) in [7, 11) is 0.158. The van der Waals surface area contributed by atoms with Crippen LogP contribution in [0, 0.1) is 0 Å². The predicted molar refractivity (Wildman–Crippen MR) is 78.0 cm³/mol. The first kappa shape index (κ1) is 14.6. The third kappa shape index (κ3) is 5.61. The zero-order valence-electron chi connectivity index (χ0n) is 11.5. The average molecular weight is 252 g/mol. The molecular formula is C14H25N2P. The molecule has 0 aliphatic heterocycles. The molecule has 0 radical (unpaired) electrons. The van der Waals surface area contributed by atoms with Crippen LogP contribution in [0.15, 0.2) is 24.4 Å². The molecule has 0 spiro atoms. The quantitative estimate of drug-likeness (QED) is 0.593. The van der Waals surface area contributed by atoms with E-state index >= 15 is 0 Å².